The molecule has 3 aromatic rings. The first-order valence-corrected chi connectivity index (χ1v) is 14.8. The molecule has 0 unspecified atom stereocenters. The predicted molar refractivity (Wildman–Crippen MR) is 160 cm³/mol. The molecule has 2 heterocycles. The summed E-state index contributed by atoms with van der Waals surface area (Å²) >= 11 is 1.27. The van der Waals surface area contributed by atoms with Crippen molar-refractivity contribution < 1.29 is 40.6 Å². The van der Waals surface area contributed by atoms with Crippen molar-refractivity contribution in [2.24, 2.45) is 4.99 Å². The zero-order valence-electron chi connectivity index (χ0n) is 24.1. The molecule has 0 N–H and O–H groups in total. The first kappa shape index (κ1) is 32.4. The molecule has 0 aliphatic carbocycles. The molecule has 0 saturated carbocycles. The summed E-state index contributed by atoms with van der Waals surface area (Å²) in [6.07, 6.45) is -7.32. The van der Waals surface area contributed by atoms with Crippen molar-refractivity contribution in [3.63, 3.8) is 0 Å². The fourth-order valence-corrected chi connectivity index (χ4v) is 5.94. The number of amidine groups is 1. The number of aliphatic imine (C=N–C) groups is 1. The second-order valence-corrected chi connectivity index (χ2v) is 11.4. The minimum absolute atomic E-state index is 0.0732. The van der Waals surface area contributed by atoms with Crippen LogP contribution in [0.5, 0.6) is 11.5 Å². The van der Waals surface area contributed by atoms with E-state index in [1.165, 1.54) is 30.5 Å². The number of nitrogens with zero attached hydrogens (tertiary/aromatic N) is 3. The van der Waals surface area contributed by atoms with Gasteiger partial charge in [-0.25, -0.2) is 0 Å². The number of halogens is 6. The molecule has 1 amide bonds. The third kappa shape index (κ3) is 8.20. The summed E-state index contributed by atoms with van der Waals surface area (Å²) in [7, 11) is 1.34. The minimum Gasteiger partial charge on any atom is -0.493 e. The van der Waals surface area contributed by atoms with Crippen molar-refractivity contribution in [2.75, 3.05) is 39.8 Å². The Bertz CT molecular complexity index is 1580. The van der Waals surface area contributed by atoms with Gasteiger partial charge in [0.1, 0.15) is 6.61 Å². The number of amides is 1. The second kappa shape index (κ2) is 13.6. The summed E-state index contributed by atoms with van der Waals surface area (Å²) < 4.78 is 90.4. The van der Waals surface area contributed by atoms with Crippen molar-refractivity contribution in [3.05, 3.63) is 99.5 Å². The van der Waals surface area contributed by atoms with E-state index in [0.29, 0.717) is 21.7 Å². The average molecular weight is 650 g/mol. The maximum Gasteiger partial charge on any atom is 0.416 e. The zero-order chi connectivity index (χ0) is 32.2. The van der Waals surface area contributed by atoms with Gasteiger partial charge < -0.3 is 14.4 Å². The second-order valence-electron chi connectivity index (χ2n) is 10.4. The SMILES string of the molecule is COc1cc(/C=C2/SC(N3CCN(CCc4ccccc4)CC3)=NC2=O)ccc1OCc1ccc(C(F)(F)F)cc1C(F)(F)F. The van der Waals surface area contributed by atoms with Crippen LogP contribution in [-0.2, 0) is 30.2 Å². The fraction of sp³-hybridized carbons (Fsp3) is 0.312. The summed E-state index contributed by atoms with van der Waals surface area (Å²) in [4.78, 5) is 21.8. The molecule has 2 aliphatic heterocycles. The van der Waals surface area contributed by atoms with Crippen molar-refractivity contribution >= 4 is 28.9 Å². The van der Waals surface area contributed by atoms with Crippen LogP contribution in [0.2, 0.25) is 0 Å². The largest absolute Gasteiger partial charge is 0.493 e. The highest BCUT2D eigenvalue weighted by Gasteiger charge is 2.38. The highest BCUT2D eigenvalue weighted by molar-refractivity contribution is 8.18. The highest BCUT2D eigenvalue weighted by Crippen LogP contribution is 2.39. The number of piperazine rings is 1. The molecule has 1 saturated heterocycles. The van der Waals surface area contributed by atoms with Gasteiger partial charge in [0.05, 0.1) is 23.1 Å². The Morgan fingerprint density at radius 2 is 1.62 bits per heavy atom. The molecule has 0 atom stereocenters. The Hall–Kier alpha value is -3.97. The lowest BCUT2D eigenvalue weighted by Gasteiger charge is -2.35. The van der Waals surface area contributed by atoms with Gasteiger partial charge in [0, 0.05) is 38.3 Å². The van der Waals surface area contributed by atoms with Crippen molar-refractivity contribution in [3.8, 4) is 11.5 Å². The molecule has 0 spiro atoms. The molecular formula is C32H29F6N3O3S. The molecule has 2 aliphatic rings. The number of hydrogen-bond acceptors (Lipinski definition) is 6. The molecule has 0 aromatic heterocycles. The van der Waals surface area contributed by atoms with Gasteiger partial charge in [0.15, 0.2) is 16.7 Å². The first-order valence-electron chi connectivity index (χ1n) is 14.0. The number of thioether (sulfide) groups is 1. The third-order valence-corrected chi connectivity index (χ3v) is 8.47. The summed E-state index contributed by atoms with van der Waals surface area (Å²) in [6, 6.07) is 16.3. The lowest BCUT2D eigenvalue weighted by Crippen LogP contribution is -2.48. The molecule has 3 aromatic carbocycles. The Kier molecular flexibility index (Phi) is 9.78. The highest BCUT2D eigenvalue weighted by atomic mass is 32.2. The van der Waals surface area contributed by atoms with Gasteiger partial charge >= 0.3 is 12.4 Å². The van der Waals surface area contributed by atoms with Crippen LogP contribution < -0.4 is 9.47 Å². The number of rotatable bonds is 8. The Balaban J connectivity index is 1.20. The topological polar surface area (TPSA) is 54.4 Å². The molecule has 45 heavy (non-hydrogen) atoms. The number of hydrogen-bond donors (Lipinski definition) is 0. The molecule has 13 heteroatoms. The van der Waals surface area contributed by atoms with E-state index in [4.69, 9.17) is 9.47 Å². The van der Waals surface area contributed by atoms with E-state index >= 15 is 0 Å². The van der Waals surface area contributed by atoms with Gasteiger partial charge in [-0.3, -0.25) is 9.69 Å². The van der Waals surface area contributed by atoms with E-state index in [1.54, 1.807) is 18.2 Å². The summed E-state index contributed by atoms with van der Waals surface area (Å²) in [5.41, 5.74) is -1.43. The van der Waals surface area contributed by atoms with E-state index in [1.807, 2.05) is 18.2 Å². The predicted octanol–water partition coefficient (Wildman–Crippen LogP) is 7.14. The Morgan fingerprint density at radius 3 is 2.29 bits per heavy atom. The number of benzene rings is 3. The Labute approximate surface area is 260 Å². The van der Waals surface area contributed by atoms with E-state index in [9.17, 15) is 31.1 Å². The van der Waals surface area contributed by atoms with Crippen molar-refractivity contribution in [1.29, 1.82) is 0 Å². The molecular weight excluding hydrogens is 620 g/mol. The Morgan fingerprint density at radius 1 is 0.889 bits per heavy atom. The van der Waals surface area contributed by atoms with E-state index in [-0.39, 0.29) is 23.5 Å². The van der Waals surface area contributed by atoms with Gasteiger partial charge in [0.25, 0.3) is 5.91 Å². The lowest BCUT2D eigenvalue weighted by atomic mass is 10.0. The maximum atomic E-state index is 13.5. The molecule has 238 valence electrons. The average Bonchev–Trinajstić information content (AvgIpc) is 3.38. The molecule has 6 nitrogen and oxygen atoms in total. The lowest BCUT2D eigenvalue weighted by molar-refractivity contribution is -0.143. The van der Waals surface area contributed by atoms with Crippen LogP contribution in [0.3, 0.4) is 0 Å². The molecule has 5 rings (SSSR count). The summed E-state index contributed by atoms with van der Waals surface area (Å²) in [5, 5.41) is 0.637. The zero-order valence-corrected chi connectivity index (χ0v) is 24.9. The van der Waals surface area contributed by atoms with Crippen LogP contribution in [0.1, 0.15) is 27.8 Å². The monoisotopic (exact) mass is 649 g/mol. The quantitative estimate of drug-likeness (QED) is 0.191. The molecule has 0 radical (unpaired) electrons. The smallest absolute Gasteiger partial charge is 0.416 e. The van der Waals surface area contributed by atoms with Crippen LogP contribution >= 0.6 is 11.8 Å². The van der Waals surface area contributed by atoms with Gasteiger partial charge in [0.2, 0.25) is 0 Å². The third-order valence-electron chi connectivity index (χ3n) is 7.42. The molecule has 1 fully saturated rings. The van der Waals surface area contributed by atoms with E-state index in [2.05, 4.69) is 26.9 Å². The number of carbonyl (C=O) groups excluding carboxylic acids is 1. The van der Waals surface area contributed by atoms with Crippen LogP contribution in [0, 0.1) is 0 Å². The van der Waals surface area contributed by atoms with Crippen LogP contribution in [0.4, 0.5) is 26.3 Å². The van der Waals surface area contributed by atoms with Crippen LogP contribution in [0.25, 0.3) is 6.08 Å². The van der Waals surface area contributed by atoms with Crippen LogP contribution in [0.15, 0.2) is 76.6 Å². The molecule has 0 bridgehead atoms. The first-order chi connectivity index (χ1) is 21.4. The maximum absolute atomic E-state index is 13.5. The van der Waals surface area contributed by atoms with Gasteiger partial charge in [-0.1, -0.05) is 42.5 Å². The van der Waals surface area contributed by atoms with Crippen molar-refractivity contribution in [2.45, 2.75) is 25.4 Å². The van der Waals surface area contributed by atoms with Gasteiger partial charge in [-0.15, -0.1) is 0 Å². The van der Waals surface area contributed by atoms with Crippen molar-refractivity contribution in [1.82, 2.24) is 9.80 Å². The number of carbonyl (C=O) groups is 1. The fourth-order valence-electron chi connectivity index (χ4n) is 4.97. The van der Waals surface area contributed by atoms with E-state index in [0.717, 1.165) is 45.2 Å². The van der Waals surface area contributed by atoms with Crippen LogP contribution in [-0.4, -0.2) is 60.7 Å². The van der Waals surface area contributed by atoms with Gasteiger partial charge in [-0.05, 0) is 59.7 Å². The summed E-state index contributed by atoms with van der Waals surface area (Å²) in [5.74, 6) is -0.115. The number of ether oxygens (including phenoxy) is 2. The summed E-state index contributed by atoms with van der Waals surface area (Å²) in [6.45, 7) is 3.52. The number of methoxy groups -OCH3 is 1. The number of alkyl halides is 6. The van der Waals surface area contributed by atoms with E-state index < -0.39 is 35.6 Å². The van der Waals surface area contributed by atoms with Gasteiger partial charge in [-0.2, -0.15) is 31.3 Å². The standard InChI is InChI=1S/C32H29F6N3O3S/c1-43-27-17-22(7-10-26(27)44-20-23-8-9-24(31(33,34)35)19-25(23)32(36,37)38)18-28-29(42)39-30(45-28)41-15-13-40(14-16-41)12-11-21-5-3-2-4-6-21/h2-10,17-19H,11-16,20H2,1H3/b28-18+. The minimum atomic E-state index is -5.01. The normalized spacial score (nSPS) is 17.1.